The molecule has 1 aromatic heterocycles. The number of piperazine rings is 1. The SMILES string of the molecule is CC(=O)Nc1cccc(C(=O)N2CCN(Cc3nonc3C)CC2)c1. The maximum absolute atomic E-state index is 12.7. The van der Waals surface area contributed by atoms with Gasteiger partial charge in [-0.3, -0.25) is 14.5 Å². The predicted molar refractivity (Wildman–Crippen MR) is 91.0 cm³/mol. The van der Waals surface area contributed by atoms with Crippen molar-refractivity contribution in [2.24, 2.45) is 0 Å². The number of nitrogens with one attached hydrogen (secondary N) is 1. The molecule has 2 amide bonds. The minimum Gasteiger partial charge on any atom is -0.336 e. The third kappa shape index (κ3) is 4.21. The second kappa shape index (κ2) is 7.43. The monoisotopic (exact) mass is 343 g/mol. The first-order valence-electron chi connectivity index (χ1n) is 8.20. The van der Waals surface area contributed by atoms with E-state index in [0.29, 0.717) is 30.9 Å². The molecule has 1 saturated heterocycles. The van der Waals surface area contributed by atoms with Crippen molar-refractivity contribution in [1.29, 1.82) is 0 Å². The van der Waals surface area contributed by atoms with E-state index in [9.17, 15) is 9.59 Å². The molecule has 0 spiro atoms. The summed E-state index contributed by atoms with van der Waals surface area (Å²) in [5.74, 6) is -0.179. The van der Waals surface area contributed by atoms with Crippen LogP contribution in [-0.2, 0) is 11.3 Å². The smallest absolute Gasteiger partial charge is 0.254 e. The van der Waals surface area contributed by atoms with Crippen LogP contribution >= 0.6 is 0 Å². The van der Waals surface area contributed by atoms with Crippen LogP contribution in [0.25, 0.3) is 0 Å². The molecule has 0 aliphatic carbocycles. The highest BCUT2D eigenvalue weighted by Gasteiger charge is 2.23. The van der Waals surface area contributed by atoms with Gasteiger partial charge in [0.15, 0.2) is 0 Å². The molecule has 2 heterocycles. The fourth-order valence-electron chi connectivity index (χ4n) is 2.83. The van der Waals surface area contributed by atoms with Crippen LogP contribution in [0, 0.1) is 6.92 Å². The number of carbonyl (C=O) groups is 2. The second-order valence-corrected chi connectivity index (χ2v) is 6.13. The van der Waals surface area contributed by atoms with Crippen molar-refractivity contribution in [2.45, 2.75) is 20.4 Å². The molecule has 0 radical (unpaired) electrons. The second-order valence-electron chi connectivity index (χ2n) is 6.13. The van der Waals surface area contributed by atoms with Crippen molar-refractivity contribution in [1.82, 2.24) is 20.1 Å². The van der Waals surface area contributed by atoms with E-state index in [1.165, 1.54) is 6.92 Å². The lowest BCUT2D eigenvalue weighted by Crippen LogP contribution is -2.48. The fraction of sp³-hybridized carbons (Fsp3) is 0.412. The maximum atomic E-state index is 12.7. The van der Waals surface area contributed by atoms with E-state index in [2.05, 4.69) is 20.5 Å². The summed E-state index contributed by atoms with van der Waals surface area (Å²) in [5, 5.41) is 10.4. The average molecular weight is 343 g/mol. The molecular weight excluding hydrogens is 322 g/mol. The molecule has 1 aromatic carbocycles. The van der Waals surface area contributed by atoms with Crippen LogP contribution in [0.1, 0.15) is 28.7 Å². The zero-order chi connectivity index (χ0) is 17.8. The molecule has 3 rings (SSSR count). The normalized spacial score (nSPS) is 15.2. The van der Waals surface area contributed by atoms with Gasteiger partial charge < -0.3 is 10.2 Å². The Morgan fingerprint density at radius 3 is 2.60 bits per heavy atom. The van der Waals surface area contributed by atoms with Gasteiger partial charge in [-0.05, 0) is 25.1 Å². The Morgan fingerprint density at radius 1 is 1.20 bits per heavy atom. The number of nitrogens with zero attached hydrogens (tertiary/aromatic N) is 4. The number of rotatable bonds is 4. The van der Waals surface area contributed by atoms with Gasteiger partial charge >= 0.3 is 0 Å². The molecule has 8 nitrogen and oxygen atoms in total. The van der Waals surface area contributed by atoms with Crippen LogP contribution in [-0.4, -0.2) is 58.1 Å². The van der Waals surface area contributed by atoms with E-state index in [0.717, 1.165) is 24.5 Å². The molecule has 1 aliphatic heterocycles. The quantitative estimate of drug-likeness (QED) is 0.899. The van der Waals surface area contributed by atoms with Crippen LogP contribution in [0.3, 0.4) is 0 Å². The number of benzene rings is 1. The van der Waals surface area contributed by atoms with E-state index >= 15 is 0 Å². The lowest BCUT2D eigenvalue weighted by molar-refractivity contribution is -0.114. The Labute approximate surface area is 145 Å². The van der Waals surface area contributed by atoms with E-state index in [1.54, 1.807) is 24.3 Å². The van der Waals surface area contributed by atoms with Gasteiger partial charge in [0, 0.05) is 50.9 Å². The number of carbonyl (C=O) groups excluding carboxylic acids is 2. The zero-order valence-corrected chi connectivity index (χ0v) is 14.4. The molecule has 1 fully saturated rings. The number of aromatic nitrogens is 2. The molecule has 1 aliphatic rings. The van der Waals surface area contributed by atoms with Gasteiger partial charge in [-0.15, -0.1) is 0 Å². The number of anilines is 1. The maximum Gasteiger partial charge on any atom is 0.254 e. The molecule has 25 heavy (non-hydrogen) atoms. The van der Waals surface area contributed by atoms with Crippen molar-refractivity contribution < 1.29 is 14.2 Å². The van der Waals surface area contributed by atoms with E-state index in [-0.39, 0.29) is 11.8 Å². The van der Waals surface area contributed by atoms with E-state index in [1.807, 2.05) is 11.8 Å². The molecule has 1 N–H and O–H groups in total. The first kappa shape index (κ1) is 17.1. The van der Waals surface area contributed by atoms with Crippen molar-refractivity contribution in [2.75, 3.05) is 31.5 Å². The Bertz CT molecular complexity index is 765. The summed E-state index contributed by atoms with van der Waals surface area (Å²) >= 11 is 0. The van der Waals surface area contributed by atoms with Gasteiger partial charge in [-0.25, -0.2) is 4.63 Å². The predicted octanol–water partition coefficient (Wildman–Crippen LogP) is 1.29. The van der Waals surface area contributed by atoms with Gasteiger partial charge in [0.05, 0.1) is 0 Å². The minimum atomic E-state index is -0.157. The van der Waals surface area contributed by atoms with Crippen LogP contribution in [0.5, 0.6) is 0 Å². The lowest BCUT2D eigenvalue weighted by Gasteiger charge is -2.34. The summed E-state index contributed by atoms with van der Waals surface area (Å²) in [6.07, 6.45) is 0. The summed E-state index contributed by atoms with van der Waals surface area (Å²) < 4.78 is 4.72. The van der Waals surface area contributed by atoms with Crippen LogP contribution in [0.4, 0.5) is 5.69 Å². The number of aryl methyl sites for hydroxylation is 1. The molecule has 0 bridgehead atoms. The van der Waals surface area contributed by atoms with Crippen LogP contribution < -0.4 is 5.32 Å². The molecule has 8 heteroatoms. The van der Waals surface area contributed by atoms with E-state index in [4.69, 9.17) is 4.63 Å². The van der Waals surface area contributed by atoms with Crippen molar-refractivity contribution in [3.63, 3.8) is 0 Å². The molecule has 132 valence electrons. The summed E-state index contributed by atoms with van der Waals surface area (Å²) in [6.45, 7) is 6.82. The lowest BCUT2D eigenvalue weighted by atomic mass is 10.1. The van der Waals surface area contributed by atoms with Crippen molar-refractivity contribution in [3.8, 4) is 0 Å². The molecule has 2 aromatic rings. The van der Waals surface area contributed by atoms with Gasteiger partial charge in [0.25, 0.3) is 5.91 Å². The van der Waals surface area contributed by atoms with E-state index < -0.39 is 0 Å². The van der Waals surface area contributed by atoms with Crippen molar-refractivity contribution in [3.05, 3.63) is 41.2 Å². The number of amides is 2. The van der Waals surface area contributed by atoms with Crippen LogP contribution in [0.2, 0.25) is 0 Å². The van der Waals surface area contributed by atoms with Gasteiger partial charge in [0.2, 0.25) is 5.91 Å². The summed E-state index contributed by atoms with van der Waals surface area (Å²) in [7, 11) is 0. The first-order chi connectivity index (χ1) is 12.0. The average Bonchev–Trinajstić information content (AvgIpc) is 2.99. The molecule has 0 saturated carbocycles. The third-order valence-electron chi connectivity index (χ3n) is 4.21. The van der Waals surface area contributed by atoms with Gasteiger partial charge in [0.1, 0.15) is 11.4 Å². The minimum absolute atomic E-state index is 0.0221. The highest BCUT2D eigenvalue weighted by atomic mass is 16.6. The summed E-state index contributed by atoms with van der Waals surface area (Å²) in [4.78, 5) is 27.9. The molecule has 0 unspecified atom stereocenters. The number of hydrogen-bond acceptors (Lipinski definition) is 6. The largest absolute Gasteiger partial charge is 0.336 e. The van der Waals surface area contributed by atoms with Crippen LogP contribution in [0.15, 0.2) is 28.9 Å². The summed E-state index contributed by atoms with van der Waals surface area (Å²) in [5.41, 5.74) is 2.85. The summed E-state index contributed by atoms with van der Waals surface area (Å²) in [6, 6.07) is 7.02. The molecule has 0 atom stereocenters. The van der Waals surface area contributed by atoms with Gasteiger partial charge in [-0.2, -0.15) is 0 Å². The van der Waals surface area contributed by atoms with Gasteiger partial charge in [-0.1, -0.05) is 16.4 Å². The first-order valence-corrected chi connectivity index (χ1v) is 8.20. The Kier molecular flexibility index (Phi) is 5.08. The Hall–Kier alpha value is -2.74. The zero-order valence-electron chi connectivity index (χ0n) is 14.4. The highest BCUT2D eigenvalue weighted by Crippen LogP contribution is 2.15. The fourth-order valence-corrected chi connectivity index (χ4v) is 2.83. The third-order valence-corrected chi connectivity index (χ3v) is 4.21. The standard InChI is InChI=1S/C17H21N5O3/c1-12-16(20-25-19-12)11-21-6-8-22(9-7-21)17(24)14-4-3-5-15(10-14)18-13(2)23/h3-5,10H,6-9,11H2,1-2H3,(H,18,23). The number of hydrogen-bond donors (Lipinski definition) is 1. The Morgan fingerprint density at radius 2 is 1.96 bits per heavy atom. The highest BCUT2D eigenvalue weighted by molar-refractivity contribution is 5.96. The topological polar surface area (TPSA) is 91.6 Å². The Balaban J connectivity index is 1.58. The molecular formula is C17H21N5O3. The van der Waals surface area contributed by atoms with Crippen molar-refractivity contribution >= 4 is 17.5 Å².